The van der Waals surface area contributed by atoms with Crippen molar-refractivity contribution in [3.05, 3.63) is 67.3 Å². The zero-order chi connectivity index (χ0) is 10.3. The number of para-hydroxylation sites is 1. The number of hydrogen-bond acceptors (Lipinski definition) is 2. The summed E-state index contributed by atoms with van der Waals surface area (Å²) < 4.78 is 4.53. The van der Waals surface area contributed by atoms with Crippen molar-refractivity contribution in [2.75, 3.05) is 0 Å². The Balaban J connectivity index is 0.000000144. The van der Waals surface area contributed by atoms with Crippen molar-refractivity contribution in [3.63, 3.8) is 0 Å². The quantitative estimate of drug-likeness (QED) is 0.550. The van der Waals surface area contributed by atoms with E-state index in [1.54, 1.807) is 12.3 Å². The van der Waals surface area contributed by atoms with Crippen molar-refractivity contribution >= 4 is 10.9 Å². The van der Waals surface area contributed by atoms with Crippen LogP contribution in [0.25, 0.3) is 10.9 Å². The second kappa shape index (κ2) is 4.96. The first-order valence-corrected chi connectivity index (χ1v) is 4.57. The molecule has 0 aliphatic carbocycles. The van der Waals surface area contributed by atoms with E-state index in [0.29, 0.717) is 0 Å². The van der Waals surface area contributed by atoms with Gasteiger partial charge in [-0.1, -0.05) is 24.3 Å². The predicted octanol–water partition coefficient (Wildman–Crippen LogP) is 3.11. The number of furan rings is 1. The van der Waals surface area contributed by atoms with Crippen LogP contribution in [0.2, 0.25) is 0 Å². The fourth-order valence-electron chi connectivity index (χ4n) is 1.16. The normalized spacial score (nSPS) is 9.33. The molecule has 0 amide bonds. The zero-order valence-corrected chi connectivity index (χ0v) is 8.05. The summed E-state index contributed by atoms with van der Waals surface area (Å²) in [6.45, 7) is 0. The molecule has 3 rings (SSSR count). The molecule has 2 heterocycles. The van der Waals surface area contributed by atoms with Crippen LogP contribution in [0.5, 0.6) is 0 Å². The summed E-state index contributed by atoms with van der Waals surface area (Å²) in [6.07, 6.45) is 5.85. The highest BCUT2D eigenvalue weighted by Gasteiger charge is 1.87. The molecule has 3 aromatic rings. The molecule has 0 atom stereocenters. The van der Waals surface area contributed by atoms with Crippen molar-refractivity contribution in [2.24, 2.45) is 0 Å². The second-order valence-electron chi connectivity index (χ2n) is 2.86. The third kappa shape index (κ3) is 2.68. The number of hydrogen-bond donors (Lipinski definition) is 0. The number of pyridine rings is 1. The molecule has 0 fully saturated rings. The molecule has 0 aliphatic rings. The van der Waals surface area contributed by atoms with E-state index < -0.39 is 0 Å². The lowest BCUT2D eigenvalue weighted by Crippen LogP contribution is -1.74. The van der Waals surface area contributed by atoms with Gasteiger partial charge in [0.2, 0.25) is 0 Å². The molecule has 1 aromatic carbocycles. The molecule has 15 heavy (non-hydrogen) atoms. The summed E-state index contributed by atoms with van der Waals surface area (Å²) in [4.78, 5) is 4.06. The molecule has 2 nitrogen and oxygen atoms in total. The van der Waals surface area contributed by atoms with Gasteiger partial charge in [0.05, 0.1) is 24.2 Å². The third-order valence-electron chi connectivity index (χ3n) is 1.84. The first-order chi connectivity index (χ1) is 7.47. The molecule has 0 spiro atoms. The Kier molecular flexibility index (Phi) is 3.13. The van der Waals surface area contributed by atoms with Crippen molar-refractivity contribution < 1.29 is 4.42 Å². The van der Waals surface area contributed by atoms with E-state index >= 15 is 0 Å². The molecule has 0 unspecified atom stereocenters. The molecule has 2 radical (unpaired) electrons. The van der Waals surface area contributed by atoms with Crippen LogP contribution in [-0.2, 0) is 0 Å². The largest absolute Gasteiger partial charge is 0.472 e. The van der Waals surface area contributed by atoms with E-state index in [9.17, 15) is 0 Å². The maximum absolute atomic E-state index is 4.53. The van der Waals surface area contributed by atoms with Gasteiger partial charge in [-0.3, -0.25) is 0 Å². The summed E-state index contributed by atoms with van der Waals surface area (Å²) in [5.41, 5.74) is 1.00. The van der Waals surface area contributed by atoms with Crippen LogP contribution in [-0.4, -0.2) is 4.98 Å². The van der Waals surface area contributed by atoms with Crippen molar-refractivity contribution in [3.8, 4) is 0 Å². The maximum Gasteiger partial charge on any atom is 0.0982 e. The standard InChI is InChI=1S/C9H6N.C4H3O/c1-2-6-9-8(4-1)5-3-7-10-9;1-2-4-5-3-1/h1-6H;1,3-4H. The number of aromatic nitrogens is 1. The van der Waals surface area contributed by atoms with Crippen LogP contribution in [0.15, 0.2) is 59.4 Å². The minimum Gasteiger partial charge on any atom is -0.472 e. The van der Waals surface area contributed by atoms with Gasteiger partial charge in [-0.25, -0.2) is 4.98 Å². The number of nitrogens with zero attached hydrogens (tertiary/aromatic N) is 1. The lowest BCUT2D eigenvalue weighted by molar-refractivity contribution is 0.567. The van der Waals surface area contributed by atoms with Crippen molar-refractivity contribution in [2.45, 2.75) is 0 Å². The average molecular weight is 195 g/mol. The van der Waals surface area contributed by atoms with E-state index in [-0.39, 0.29) is 0 Å². The van der Waals surface area contributed by atoms with Gasteiger partial charge in [-0.05, 0) is 18.2 Å². The highest BCUT2D eigenvalue weighted by molar-refractivity contribution is 5.77. The predicted molar refractivity (Wildman–Crippen MR) is 58.1 cm³/mol. The Morgan fingerprint density at radius 1 is 1.07 bits per heavy atom. The van der Waals surface area contributed by atoms with Gasteiger partial charge in [-0.2, -0.15) is 0 Å². The summed E-state index contributed by atoms with van der Waals surface area (Å²) in [5, 5.41) is 1.17. The van der Waals surface area contributed by atoms with Crippen LogP contribution in [0, 0.1) is 12.3 Å². The lowest BCUT2D eigenvalue weighted by atomic mass is 10.2. The number of benzene rings is 1. The molecule has 2 aromatic heterocycles. The summed E-state index contributed by atoms with van der Waals surface area (Å²) >= 11 is 0. The Labute approximate surface area is 88.2 Å². The Hall–Kier alpha value is -2.09. The summed E-state index contributed by atoms with van der Waals surface area (Å²) in [7, 11) is 0. The van der Waals surface area contributed by atoms with Gasteiger partial charge in [-0.15, -0.1) is 0 Å². The first-order valence-electron chi connectivity index (χ1n) is 4.57. The molecule has 2 heteroatoms. The van der Waals surface area contributed by atoms with Gasteiger partial charge in [0.1, 0.15) is 0 Å². The van der Waals surface area contributed by atoms with Gasteiger partial charge in [0.25, 0.3) is 0 Å². The Morgan fingerprint density at radius 2 is 2.00 bits per heavy atom. The molecule has 0 aliphatic heterocycles. The minimum atomic E-state index is 1.00. The lowest BCUT2D eigenvalue weighted by Gasteiger charge is -1.91. The molecule has 0 N–H and O–H groups in total. The molecule has 0 bridgehead atoms. The highest BCUT2D eigenvalue weighted by atomic mass is 16.3. The van der Waals surface area contributed by atoms with E-state index in [4.69, 9.17) is 0 Å². The van der Waals surface area contributed by atoms with Crippen LogP contribution < -0.4 is 0 Å². The topological polar surface area (TPSA) is 26.0 Å². The minimum absolute atomic E-state index is 1.00. The summed E-state index contributed by atoms with van der Waals surface area (Å²) in [6, 6.07) is 16.2. The molecular weight excluding hydrogens is 186 g/mol. The zero-order valence-electron chi connectivity index (χ0n) is 8.05. The van der Waals surface area contributed by atoms with Gasteiger partial charge >= 0.3 is 0 Å². The maximum atomic E-state index is 4.53. The van der Waals surface area contributed by atoms with Crippen LogP contribution >= 0.6 is 0 Å². The first kappa shape index (κ1) is 9.46. The van der Waals surface area contributed by atoms with E-state index in [2.05, 4.69) is 21.7 Å². The summed E-state index contributed by atoms with van der Waals surface area (Å²) in [5.74, 6) is 0. The fraction of sp³-hybridized carbons (Fsp3) is 0. The van der Waals surface area contributed by atoms with Crippen LogP contribution in [0.4, 0.5) is 0 Å². The number of rotatable bonds is 0. The average Bonchev–Trinajstić information content (AvgIpc) is 2.88. The highest BCUT2D eigenvalue weighted by Crippen LogP contribution is 2.07. The molecule has 72 valence electrons. The fourth-order valence-corrected chi connectivity index (χ4v) is 1.16. The van der Waals surface area contributed by atoms with Crippen LogP contribution in [0.1, 0.15) is 0 Å². The van der Waals surface area contributed by atoms with Gasteiger partial charge < -0.3 is 4.42 Å². The second-order valence-corrected chi connectivity index (χ2v) is 2.86. The van der Waals surface area contributed by atoms with Gasteiger partial charge in [0, 0.05) is 11.5 Å². The molecule has 0 saturated carbocycles. The van der Waals surface area contributed by atoms with E-state index in [1.165, 1.54) is 11.6 Å². The van der Waals surface area contributed by atoms with Gasteiger partial charge in [0.15, 0.2) is 0 Å². The number of fused-ring (bicyclic) bond motifs is 1. The van der Waals surface area contributed by atoms with Crippen molar-refractivity contribution in [1.29, 1.82) is 0 Å². The van der Waals surface area contributed by atoms with E-state index in [1.807, 2.05) is 36.4 Å². The monoisotopic (exact) mass is 195 g/mol. The van der Waals surface area contributed by atoms with Crippen LogP contribution in [0.3, 0.4) is 0 Å². The molecule has 0 saturated heterocycles. The van der Waals surface area contributed by atoms with Crippen molar-refractivity contribution in [1.82, 2.24) is 4.98 Å². The Bertz CT molecular complexity index is 420. The third-order valence-corrected chi connectivity index (χ3v) is 1.84. The SMILES string of the molecule is [c]1ccc2ccccc2n1.[c]1ccoc1. The molecular formula is C13H9NO. The smallest absolute Gasteiger partial charge is 0.0982 e. The Morgan fingerprint density at radius 3 is 2.67 bits per heavy atom. The van der Waals surface area contributed by atoms with E-state index in [0.717, 1.165) is 5.52 Å².